The van der Waals surface area contributed by atoms with Gasteiger partial charge in [-0.3, -0.25) is 10.1 Å². The zero-order chi connectivity index (χ0) is 19.9. The van der Waals surface area contributed by atoms with E-state index in [1.54, 1.807) is 42.5 Å². The Labute approximate surface area is 168 Å². The summed E-state index contributed by atoms with van der Waals surface area (Å²) in [5.74, 6) is 0.157. The molecule has 3 aromatic carbocycles. The Balaban J connectivity index is 1.58. The van der Waals surface area contributed by atoms with Crippen LogP contribution in [0.25, 0.3) is 0 Å². The average molecular weight is 395 g/mol. The first kappa shape index (κ1) is 19.5. The topological polar surface area (TPSA) is 67.4 Å². The smallest absolute Gasteiger partial charge is 0.326 e. The molecule has 0 aromatic heterocycles. The molecule has 0 saturated heterocycles. The number of hydrogen-bond donors (Lipinski definition) is 2. The monoisotopic (exact) mass is 394 g/mol. The van der Waals surface area contributed by atoms with Gasteiger partial charge in [0.2, 0.25) is 0 Å². The second kappa shape index (κ2) is 9.06. The number of hydrogen-bond acceptors (Lipinski definition) is 3. The summed E-state index contributed by atoms with van der Waals surface area (Å²) in [4.78, 5) is 24.2. The van der Waals surface area contributed by atoms with E-state index >= 15 is 0 Å². The van der Waals surface area contributed by atoms with Crippen LogP contribution >= 0.6 is 11.6 Å². The number of benzene rings is 3. The van der Waals surface area contributed by atoms with E-state index < -0.39 is 11.9 Å². The normalized spacial score (nSPS) is 10.2. The molecule has 3 aromatic rings. The van der Waals surface area contributed by atoms with Gasteiger partial charge in [-0.05, 0) is 48.4 Å². The van der Waals surface area contributed by atoms with E-state index in [1.165, 1.54) is 0 Å². The van der Waals surface area contributed by atoms with Crippen LogP contribution in [0.4, 0.5) is 10.5 Å². The molecule has 0 saturated carbocycles. The van der Waals surface area contributed by atoms with Crippen molar-refractivity contribution < 1.29 is 14.3 Å². The van der Waals surface area contributed by atoms with Crippen LogP contribution in [0.2, 0.25) is 5.02 Å². The van der Waals surface area contributed by atoms with E-state index in [4.69, 9.17) is 16.3 Å². The van der Waals surface area contributed by atoms with Crippen LogP contribution in [-0.4, -0.2) is 11.9 Å². The van der Waals surface area contributed by atoms with Crippen LogP contribution in [0, 0.1) is 6.92 Å². The van der Waals surface area contributed by atoms with E-state index in [0.29, 0.717) is 12.3 Å². The summed E-state index contributed by atoms with van der Waals surface area (Å²) >= 11 is 5.97. The molecule has 142 valence electrons. The van der Waals surface area contributed by atoms with Gasteiger partial charge in [0.15, 0.2) is 0 Å². The molecule has 0 aliphatic heterocycles. The minimum Gasteiger partial charge on any atom is -0.489 e. The Kier molecular flexibility index (Phi) is 6.29. The number of halogens is 1. The predicted octanol–water partition coefficient (Wildman–Crippen LogP) is 5.19. The first-order chi connectivity index (χ1) is 13.5. The molecule has 28 heavy (non-hydrogen) atoms. The minimum atomic E-state index is -0.637. The molecule has 5 nitrogen and oxygen atoms in total. The Morgan fingerprint density at radius 1 is 0.964 bits per heavy atom. The summed E-state index contributed by atoms with van der Waals surface area (Å²) in [7, 11) is 0. The highest BCUT2D eigenvalue weighted by Crippen LogP contribution is 2.23. The maximum atomic E-state index is 12.1. The third-order valence-corrected chi connectivity index (χ3v) is 4.35. The molecule has 0 unspecified atom stereocenters. The van der Waals surface area contributed by atoms with Gasteiger partial charge in [0.25, 0.3) is 5.91 Å². The van der Waals surface area contributed by atoms with Gasteiger partial charge in [-0.1, -0.05) is 54.1 Å². The fraction of sp³-hybridized carbons (Fsp3) is 0.0909. The molecule has 2 N–H and O–H groups in total. The third-order valence-electron chi connectivity index (χ3n) is 4.02. The van der Waals surface area contributed by atoms with Gasteiger partial charge in [-0.25, -0.2) is 4.79 Å². The Hall–Kier alpha value is -3.31. The van der Waals surface area contributed by atoms with E-state index in [1.807, 2.05) is 37.3 Å². The second-order valence-corrected chi connectivity index (χ2v) is 6.55. The van der Waals surface area contributed by atoms with Crippen molar-refractivity contribution in [2.75, 3.05) is 5.32 Å². The molecule has 3 amide bonds. The quantitative estimate of drug-likeness (QED) is 0.625. The lowest BCUT2D eigenvalue weighted by molar-refractivity contribution is 0.0967. The summed E-state index contributed by atoms with van der Waals surface area (Å²) in [6.45, 7) is 2.35. The number of nitrogens with one attached hydrogen (secondary N) is 2. The van der Waals surface area contributed by atoms with Crippen LogP contribution in [0.3, 0.4) is 0 Å². The SMILES string of the molecule is Cc1cc(NC(=O)NC(=O)c2ccccc2Cl)ccc1OCc1ccccc1. The lowest BCUT2D eigenvalue weighted by Crippen LogP contribution is -2.34. The number of carbonyl (C=O) groups is 2. The first-order valence-electron chi connectivity index (χ1n) is 8.67. The molecule has 0 fully saturated rings. The maximum Gasteiger partial charge on any atom is 0.326 e. The van der Waals surface area contributed by atoms with Crippen LogP contribution < -0.4 is 15.4 Å². The fourth-order valence-corrected chi connectivity index (χ4v) is 2.82. The molecule has 0 radical (unpaired) electrons. The highest BCUT2D eigenvalue weighted by Gasteiger charge is 2.13. The molecule has 0 aliphatic carbocycles. The van der Waals surface area contributed by atoms with Crippen molar-refractivity contribution in [3.63, 3.8) is 0 Å². The molecule has 0 spiro atoms. The van der Waals surface area contributed by atoms with E-state index in [0.717, 1.165) is 16.9 Å². The number of urea groups is 1. The van der Waals surface area contributed by atoms with Crippen molar-refractivity contribution in [2.24, 2.45) is 0 Å². The van der Waals surface area contributed by atoms with Crippen molar-refractivity contribution >= 4 is 29.2 Å². The lowest BCUT2D eigenvalue weighted by atomic mass is 10.2. The standard InChI is InChI=1S/C22H19ClN2O3/c1-15-13-17(11-12-20(15)28-14-16-7-3-2-4-8-16)24-22(27)25-21(26)18-9-5-6-10-19(18)23/h2-13H,14H2,1H3,(H2,24,25,26,27). The van der Waals surface area contributed by atoms with Crippen LogP contribution in [0.1, 0.15) is 21.5 Å². The predicted molar refractivity (Wildman–Crippen MR) is 110 cm³/mol. The average Bonchev–Trinajstić information content (AvgIpc) is 2.68. The second-order valence-electron chi connectivity index (χ2n) is 6.14. The third kappa shape index (κ3) is 5.11. The number of aryl methyl sites for hydroxylation is 1. The molecule has 3 rings (SSSR count). The van der Waals surface area contributed by atoms with Crippen molar-refractivity contribution in [1.82, 2.24) is 5.32 Å². The number of ether oxygens (including phenoxy) is 1. The number of anilines is 1. The van der Waals surface area contributed by atoms with Gasteiger partial charge in [0, 0.05) is 5.69 Å². The summed E-state index contributed by atoms with van der Waals surface area (Å²) in [6, 6.07) is 21.0. The van der Waals surface area contributed by atoms with Crippen LogP contribution in [-0.2, 0) is 6.61 Å². The van der Waals surface area contributed by atoms with Gasteiger partial charge in [-0.15, -0.1) is 0 Å². The molecule has 0 atom stereocenters. The highest BCUT2D eigenvalue weighted by molar-refractivity contribution is 6.34. The first-order valence-corrected chi connectivity index (χ1v) is 9.05. The highest BCUT2D eigenvalue weighted by atomic mass is 35.5. The number of amides is 3. The minimum absolute atomic E-state index is 0.236. The molecule has 6 heteroatoms. The fourth-order valence-electron chi connectivity index (χ4n) is 2.60. The molecule has 0 heterocycles. The van der Waals surface area contributed by atoms with E-state index in [9.17, 15) is 9.59 Å². The number of carbonyl (C=O) groups excluding carboxylic acids is 2. The van der Waals surface area contributed by atoms with E-state index in [2.05, 4.69) is 10.6 Å². The van der Waals surface area contributed by atoms with Gasteiger partial charge in [-0.2, -0.15) is 0 Å². The van der Waals surface area contributed by atoms with Gasteiger partial charge in [0.1, 0.15) is 12.4 Å². The van der Waals surface area contributed by atoms with Crippen molar-refractivity contribution in [3.05, 3.63) is 94.5 Å². The molecular formula is C22H19ClN2O3. The Bertz CT molecular complexity index is 990. The maximum absolute atomic E-state index is 12.1. The zero-order valence-corrected chi connectivity index (χ0v) is 16.0. The van der Waals surface area contributed by atoms with Crippen molar-refractivity contribution in [1.29, 1.82) is 0 Å². The van der Waals surface area contributed by atoms with Gasteiger partial charge < -0.3 is 10.1 Å². The summed E-state index contributed by atoms with van der Waals surface area (Å²) in [5, 5.41) is 5.18. The van der Waals surface area contributed by atoms with Crippen molar-refractivity contribution in [2.45, 2.75) is 13.5 Å². The molecule has 0 aliphatic rings. The number of imide groups is 1. The zero-order valence-electron chi connectivity index (χ0n) is 15.2. The Morgan fingerprint density at radius 2 is 1.68 bits per heavy atom. The molecule has 0 bridgehead atoms. The van der Waals surface area contributed by atoms with Crippen LogP contribution in [0.5, 0.6) is 5.75 Å². The lowest BCUT2D eigenvalue weighted by Gasteiger charge is -2.12. The number of rotatable bonds is 5. The summed E-state index contributed by atoms with van der Waals surface area (Å²) in [6.07, 6.45) is 0. The van der Waals surface area contributed by atoms with Gasteiger partial charge >= 0.3 is 6.03 Å². The summed E-state index contributed by atoms with van der Waals surface area (Å²) in [5.41, 5.74) is 2.72. The van der Waals surface area contributed by atoms with E-state index in [-0.39, 0.29) is 10.6 Å². The van der Waals surface area contributed by atoms with Crippen molar-refractivity contribution in [3.8, 4) is 5.75 Å². The largest absolute Gasteiger partial charge is 0.489 e. The van der Waals surface area contributed by atoms with Crippen LogP contribution in [0.15, 0.2) is 72.8 Å². The van der Waals surface area contributed by atoms with Gasteiger partial charge in [0.05, 0.1) is 10.6 Å². The summed E-state index contributed by atoms with van der Waals surface area (Å²) < 4.78 is 5.82. The molecular weight excluding hydrogens is 376 g/mol. The Morgan fingerprint density at radius 3 is 2.39 bits per heavy atom.